The van der Waals surface area contributed by atoms with Gasteiger partial charge in [0.15, 0.2) is 11.5 Å². The molecule has 398 valence electrons. The van der Waals surface area contributed by atoms with Gasteiger partial charge in [-0.15, -0.1) is 11.6 Å². The minimum absolute atomic E-state index is 0.0450. The average Bonchev–Trinajstić information content (AvgIpc) is 4.17. The molecule has 3 aliphatic rings. The first-order valence-electron chi connectivity index (χ1n) is 25.7. The largest absolute Gasteiger partial charge is 0.493 e. The van der Waals surface area contributed by atoms with Crippen LogP contribution in [-0.4, -0.2) is 150 Å². The number of carbonyl (C=O) groups excluding carboxylic acids is 4. The van der Waals surface area contributed by atoms with Gasteiger partial charge in [-0.25, -0.2) is 0 Å². The molecular formula is C55H69ClIN7O10. The number of hydrogen-bond donors (Lipinski definition) is 5. The molecule has 2 saturated heterocycles. The van der Waals surface area contributed by atoms with Crippen molar-refractivity contribution in [2.75, 3.05) is 126 Å². The van der Waals surface area contributed by atoms with E-state index in [1.807, 2.05) is 102 Å². The molecular weight excluding hydrogens is 1080 g/mol. The number of amides is 4. The van der Waals surface area contributed by atoms with Gasteiger partial charge in [0.2, 0.25) is 17.9 Å². The van der Waals surface area contributed by atoms with Crippen LogP contribution in [0.2, 0.25) is 0 Å². The summed E-state index contributed by atoms with van der Waals surface area (Å²) in [5.74, 6) is 1.01. The molecule has 17 nitrogen and oxygen atoms in total. The minimum atomic E-state index is -1.06. The zero-order chi connectivity index (χ0) is 51.9. The van der Waals surface area contributed by atoms with Crippen LogP contribution in [0.25, 0.3) is 21.7 Å². The van der Waals surface area contributed by atoms with Crippen molar-refractivity contribution in [1.29, 1.82) is 0 Å². The second kappa shape index (κ2) is 26.9. The molecule has 4 aromatic carbocycles. The fraction of sp³-hybridized carbons (Fsp3) is 0.491. The third-order valence-corrected chi connectivity index (χ3v) is 15.1. The lowest BCUT2D eigenvalue weighted by Gasteiger charge is -2.38. The van der Waals surface area contributed by atoms with E-state index in [4.69, 9.17) is 40.0 Å². The summed E-state index contributed by atoms with van der Waals surface area (Å²) in [7, 11) is 1.62. The van der Waals surface area contributed by atoms with Crippen molar-refractivity contribution in [3.05, 3.63) is 89.6 Å². The van der Waals surface area contributed by atoms with E-state index in [-0.39, 0.29) is 48.6 Å². The lowest BCUT2D eigenvalue weighted by molar-refractivity contribution is -0.128. The van der Waals surface area contributed by atoms with Crippen LogP contribution >= 0.6 is 34.2 Å². The van der Waals surface area contributed by atoms with E-state index in [0.717, 1.165) is 91.6 Å². The maximum Gasteiger partial charge on any atom is 0.274 e. The van der Waals surface area contributed by atoms with E-state index < -0.39 is 6.10 Å². The number of nitrogens with zero attached hydrogens (tertiary/aromatic N) is 2. The van der Waals surface area contributed by atoms with Crippen LogP contribution < -0.4 is 40.4 Å². The van der Waals surface area contributed by atoms with Crippen molar-refractivity contribution in [3.63, 3.8) is 0 Å². The zero-order valence-corrected chi connectivity index (χ0v) is 45.3. The van der Waals surface area contributed by atoms with Crippen molar-refractivity contribution in [2.24, 2.45) is 5.41 Å². The average molecular weight is 1150 g/mol. The Morgan fingerprint density at radius 1 is 0.851 bits per heavy atom. The fourth-order valence-corrected chi connectivity index (χ4v) is 10.5. The summed E-state index contributed by atoms with van der Waals surface area (Å²) in [6, 6.07) is 22.9. The highest BCUT2D eigenvalue weighted by Crippen LogP contribution is 2.47. The highest BCUT2D eigenvalue weighted by Gasteiger charge is 2.39. The van der Waals surface area contributed by atoms with Crippen molar-refractivity contribution in [2.45, 2.75) is 51.0 Å². The Hall–Kier alpha value is -5.38. The number of anilines is 2. The molecule has 8 rings (SSSR count). The number of hydrogen-bond acceptors (Lipinski definition) is 12. The Morgan fingerprint density at radius 2 is 1.59 bits per heavy atom. The van der Waals surface area contributed by atoms with E-state index in [1.165, 1.54) is 0 Å². The van der Waals surface area contributed by atoms with Crippen molar-refractivity contribution < 1.29 is 47.6 Å². The normalized spacial score (nSPS) is 16.5. The van der Waals surface area contributed by atoms with E-state index in [0.29, 0.717) is 103 Å². The highest BCUT2D eigenvalue weighted by atomic mass is 127. The molecule has 1 spiro atoms. The van der Waals surface area contributed by atoms with Gasteiger partial charge in [0.25, 0.3) is 11.8 Å². The molecule has 2 fully saturated rings. The molecule has 3 aliphatic heterocycles. The number of carbonyl (C=O) groups is 4. The van der Waals surface area contributed by atoms with Crippen molar-refractivity contribution in [1.82, 2.24) is 25.8 Å². The van der Waals surface area contributed by atoms with Crippen molar-refractivity contribution >= 4 is 90.9 Å². The Kier molecular flexibility index (Phi) is 19.9. The van der Waals surface area contributed by atoms with Gasteiger partial charge in [0.05, 0.1) is 50.3 Å². The number of benzene rings is 4. The molecule has 19 heteroatoms. The predicted molar refractivity (Wildman–Crippen MR) is 296 cm³/mol. The first-order chi connectivity index (χ1) is 36.1. The minimum Gasteiger partial charge on any atom is -0.493 e. The lowest BCUT2D eigenvalue weighted by Crippen LogP contribution is -2.42. The first-order valence-corrected chi connectivity index (χ1v) is 27.8. The topological polar surface area (TPSA) is 194 Å². The van der Waals surface area contributed by atoms with Crippen LogP contribution in [0.4, 0.5) is 11.4 Å². The van der Waals surface area contributed by atoms with Crippen LogP contribution in [0, 0.1) is 5.41 Å². The van der Waals surface area contributed by atoms with E-state index in [1.54, 1.807) is 12.0 Å². The van der Waals surface area contributed by atoms with Gasteiger partial charge in [-0.1, -0.05) is 59.0 Å². The Balaban J connectivity index is 0.919. The maximum atomic E-state index is 14.8. The van der Waals surface area contributed by atoms with Gasteiger partial charge in [0.1, 0.15) is 18.1 Å². The van der Waals surface area contributed by atoms with E-state index in [9.17, 15) is 19.2 Å². The standard InChI is InChI=1S/C55H69ClIN7O10/c1-3-58-40-12-10-37(11-13-40)52(53(67)61-19-25-71-28-27-70-24-18-60-49(65)9-6-17-59-50(66)34-57)74-46-32-45-51(42-8-5-4-7-41(42)46)39(33-56)35-64(45)54(68)44-29-38-30-48(47(69-2)31-43(38)62-44)73-26-22-63-20-14-55(15-21-63)16-23-72-36-55/h4-5,7-8,10-13,29-32,39,52,58,62H,3,6,9,14-28,33-36H2,1-2H3,(H,59,66)(H,60,65)(H,61,67)/t39-,52?/m1/s1. The molecule has 4 amide bonds. The van der Waals surface area contributed by atoms with Crippen LogP contribution in [0.15, 0.2) is 72.8 Å². The molecule has 0 radical (unpaired) electrons. The summed E-state index contributed by atoms with van der Waals surface area (Å²) in [4.78, 5) is 59.9. The van der Waals surface area contributed by atoms with Crippen LogP contribution in [0.5, 0.6) is 17.2 Å². The second-order valence-electron chi connectivity index (χ2n) is 19.0. The van der Waals surface area contributed by atoms with E-state index >= 15 is 0 Å². The van der Waals surface area contributed by atoms with Gasteiger partial charge < -0.3 is 59.6 Å². The molecule has 74 heavy (non-hydrogen) atoms. The van der Waals surface area contributed by atoms with Gasteiger partial charge in [-0.05, 0) is 86.3 Å². The Labute approximate surface area is 451 Å². The molecule has 0 saturated carbocycles. The number of piperidine rings is 1. The molecule has 2 atom stereocenters. The third-order valence-electron chi connectivity index (χ3n) is 14.0. The Morgan fingerprint density at radius 3 is 2.30 bits per heavy atom. The number of likely N-dealkylation sites (tertiary alicyclic amines) is 1. The predicted octanol–water partition coefficient (Wildman–Crippen LogP) is 7.34. The molecule has 1 aromatic heterocycles. The smallest absolute Gasteiger partial charge is 0.274 e. The number of aromatic amines is 1. The number of alkyl halides is 2. The summed E-state index contributed by atoms with van der Waals surface area (Å²) in [6.07, 6.45) is 3.28. The Bertz CT molecular complexity index is 2690. The number of nitrogens with one attached hydrogen (secondary N) is 5. The van der Waals surface area contributed by atoms with Gasteiger partial charge in [-0.3, -0.25) is 24.1 Å². The molecule has 0 aliphatic carbocycles. The summed E-state index contributed by atoms with van der Waals surface area (Å²) in [5.41, 5.74) is 4.63. The number of halogens is 2. The van der Waals surface area contributed by atoms with Crippen molar-refractivity contribution in [3.8, 4) is 17.2 Å². The van der Waals surface area contributed by atoms with Crippen LogP contribution in [0.3, 0.4) is 0 Å². The van der Waals surface area contributed by atoms with Gasteiger partial charge in [0, 0.05) is 104 Å². The number of ether oxygens (including phenoxy) is 6. The van der Waals surface area contributed by atoms with Crippen LogP contribution in [-0.2, 0) is 28.6 Å². The summed E-state index contributed by atoms with van der Waals surface area (Å²) in [6.45, 7) is 10.5. The first kappa shape index (κ1) is 54.9. The number of fused-ring (bicyclic) bond motifs is 4. The zero-order valence-electron chi connectivity index (χ0n) is 42.4. The molecule has 5 aromatic rings. The third kappa shape index (κ3) is 13.9. The van der Waals surface area contributed by atoms with Crippen LogP contribution in [0.1, 0.15) is 72.7 Å². The SMILES string of the molecule is CCNc1ccc(C(Oc2cc3c(c4ccccc24)[C@H](CCl)CN3C(=O)c2cc3cc(OCCN4CCC5(CCOC5)CC4)c(OC)cc3[nH]2)C(=O)NCCOCCOCCNC(=O)CCCNC(=O)CI)cc1. The molecule has 4 heterocycles. The summed E-state index contributed by atoms with van der Waals surface area (Å²) < 4.78 is 36.4. The lowest BCUT2D eigenvalue weighted by atomic mass is 9.78. The number of aromatic nitrogens is 1. The number of H-pyrrole nitrogens is 1. The summed E-state index contributed by atoms with van der Waals surface area (Å²) in [5, 5.41) is 14.3. The quantitative estimate of drug-likeness (QED) is 0.0200. The maximum absolute atomic E-state index is 14.8. The van der Waals surface area contributed by atoms with Gasteiger partial charge in [-0.2, -0.15) is 0 Å². The number of methoxy groups -OCH3 is 1. The monoisotopic (exact) mass is 1150 g/mol. The summed E-state index contributed by atoms with van der Waals surface area (Å²) >= 11 is 8.70. The number of rotatable bonds is 27. The van der Waals surface area contributed by atoms with Gasteiger partial charge >= 0.3 is 0 Å². The van der Waals surface area contributed by atoms with E-state index in [2.05, 4.69) is 31.2 Å². The highest BCUT2D eigenvalue weighted by molar-refractivity contribution is 14.1. The fourth-order valence-electron chi connectivity index (χ4n) is 10.00. The molecule has 1 unspecified atom stereocenters. The molecule has 5 N–H and O–H groups in total. The molecule has 0 bridgehead atoms. The second-order valence-corrected chi connectivity index (χ2v) is 20.1.